The normalized spacial score (nSPS) is 14.2. The molecule has 172 valence electrons. The van der Waals surface area contributed by atoms with E-state index in [-0.39, 0.29) is 24.2 Å². The van der Waals surface area contributed by atoms with Crippen LogP contribution in [0.3, 0.4) is 0 Å². The minimum absolute atomic E-state index is 0.0457. The van der Waals surface area contributed by atoms with Gasteiger partial charge in [0, 0.05) is 42.0 Å². The highest BCUT2D eigenvalue weighted by Gasteiger charge is 2.25. The second-order valence-electron chi connectivity index (χ2n) is 8.13. The zero-order valence-electron chi connectivity index (χ0n) is 18.4. The van der Waals surface area contributed by atoms with Gasteiger partial charge in [0.05, 0.1) is 12.2 Å². The van der Waals surface area contributed by atoms with Gasteiger partial charge in [-0.15, -0.1) is 10.2 Å². The van der Waals surface area contributed by atoms with Crippen LogP contribution in [0, 0.1) is 5.82 Å². The molecule has 34 heavy (non-hydrogen) atoms. The number of piperidine rings is 1. The fourth-order valence-corrected chi connectivity index (χ4v) is 4.08. The summed E-state index contributed by atoms with van der Waals surface area (Å²) in [6, 6.07) is 15.7. The van der Waals surface area contributed by atoms with Gasteiger partial charge in [-0.2, -0.15) is 5.21 Å². The second kappa shape index (κ2) is 9.74. The van der Waals surface area contributed by atoms with E-state index in [1.807, 2.05) is 35.2 Å². The largest absolute Gasteiger partial charge is 0.376 e. The first kappa shape index (κ1) is 21.6. The van der Waals surface area contributed by atoms with Crippen molar-refractivity contribution in [2.75, 3.05) is 25.0 Å². The van der Waals surface area contributed by atoms with Gasteiger partial charge in [-0.25, -0.2) is 14.4 Å². The number of nitrogens with one attached hydrogen (secondary N) is 2. The first-order valence-corrected chi connectivity index (χ1v) is 11.1. The van der Waals surface area contributed by atoms with Gasteiger partial charge in [-0.1, -0.05) is 12.1 Å². The Kier molecular flexibility index (Phi) is 6.19. The van der Waals surface area contributed by atoms with Crippen LogP contribution in [-0.2, 0) is 4.79 Å². The number of H-pyrrole nitrogens is 1. The molecular formula is C24H23FN8O. The second-order valence-corrected chi connectivity index (χ2v) is 8.13. The standard InChI is InChI=1S/C24H23FN8O/c25-19-6-4-16(5-7-19)21-8-11-26-23(28-21)17-9-12-33(13-10-17)22(34)15-27-20-3-1-2-18(14-20)24-29-31-32-30-24/h1-8,11,14,17,27H,9-10,12-13,15H2,(H,29,30,31,32). The van der Waals surface area contributed by atoms with Crippen molar-refractivity contribution in [1.82, 2.24) is 35.5 Å². The summed E-state index contributed by atoms with van der Waals surface area (Å²) in [6.45, 7) is 1.51. The number of hydrogen-bond donors (Lipinski definition) is 2. The van der Waals surface area contributed by atoms with Crippen LogP contribution in [0.15, 0.2) is 60.8 Å². The maximum atomic E-state index is 13.2. The summed E-state index contributed by atoms with van der Waals surface area (Å²) >= 11 is 0. The Bertz CT molecular complexity index is 1250. The predicted molar refractivity (Wildman–Crippen MR) is 124 cm³/mol. The molecule has 4 aromatic rings. The van der Waals surface area contributed by atoms with Crippen molar-refractivity contribution in [3.63, 3.8) is 0 Å². The molecule has 1 amide bonds. The number of aromatic nitrogens is 6. The first-order chi connectivity index (χ1) is 16.7. The molecule has 1 aliphatic heterocycles. The monoisotopic (exact) mass is 458 g/mol. The van der Waals surface area contributed by atoms with E-state index >= 15 is 0 Å². The van der Waals surface area contributed by atoms with Gasteiger partial charge in [0.1, 0.15) is 11.6 Å². The van der Waals surface area contributed by atoms with E-state index in [2.05, 4.69) is 30.9 Å². The van der Waals surface area contributed by atoms with Crippen LogP contribution in [0.25, 0.3) is 22.6 Å². The van der Waals surface area contributed by atoms with Crippen molar-refractivity contribution in [2.24, 2.45) is 0 Å². The molecule has 0 saturated carbocycles. The van der Waals surface area contributed by atoms with Crippen molar-refractivity contribution in [3.05, 3.63) is 72.4 Å². The van der Waals surface area contributed by atoms with Crippen LogP contribution in [-0.4, -0.2) is 61.0 Å². The van der Waals surface area contributed by atoms with Crippen LogP contribution in [0.2, 0.25) is 0 Å². The first-order valence-electron chi connectivity index (χ1n) is 11.1. The average Bonchev–Trinajstić information content (AvgIpc) is 3.43. The van der Waals surface area contributed by atoms with E-state index in [0.717, 1.165) is 41.2 Å². The molecule has 0 bridgehead atoms. The lowest BCUT2D eigenvalue weighted by atomic mass is 9.95. The fraction of sp³-hybridized carbons (Fsp3) is 0.250. The Morgan fingerprint density at radius 3 is 2.68 bits per heavy atom. The quantitative estimate of drug-likeness (QED) is 0.456. The van der Waals surface area contributed by atoms with E-state index in [9.17, 15) is 9.18 Å². The number of tetrazole rings is 1. The number of halogens is 1. The smallest absolute Gasteiger partial charge is 0.241 e. The van der Waals surface area contributed by atoms with Gasteiger partial charge in [0.25, 0.3) is 0 Å². The molecule has 1 saturated heterocycles. The predicted octanol–water partition coefficient (Wildman–Crippen LogP) is 3.28. The minimum atomic E-state index is -0.274. The summed E-state index contributed by atoms with van der Waals surface area (Å²) in [5, 5.41) is 17.2. The maximum Gasteiger partial charge on any atom is 0.241 e. The van der Waals surface area contributed by atoms with Crippen molar-refractivity contribution < 1.29 is 9.18 Å². The zero-order valence-corrected chi connectivity index (χ0v) is 18.4. The van der Waals surface area contributed by atoms with Crippen LogP contribution >= 0.6 is 0 Å². The minimum Gasteiger partial charge on any atom is -0.376 e. The van der Waals surface area contributed by atoms with Gasteiger partial charge in [0.2, 0.25) is 11.7 Å². The summed E-state index contributed by atoms with van der Waals surface area (Å²) in [5.41, 5.74) is 3.26. The van der Waals surface area contributed by atoms with Crippen molar-refractivity contribution in [1.29, 1.82) is 0 Å². The number of hydrogen-bond acceptors (Lipinski definition) is 7. The highest BCUT2D eigenvalue weighted by atomic mass is 19.1. The molecule has 2 aromatic carbocycles. The Balaban J connectivity index is 1.16. The molecule has 5 rings (SSSR count). The highest BCUT2D eigenvalue weighted by molar-refractivity contribution is 5.81. The van der Waals surface area contributed by atoms with E-state index < -0.39 is 0 Å². The number of anilines is 1. The van der Waals surface area contributed by atoms with Crippen LogP contribution in [0.5, 0.6) is 0 Å². The lowest BCUT2D eigenvalue weighted by molar-refractivity contribution is -0.130. The van der Waals surface area contributed by atoms with Crippen LogP contribution < -0.4 is 5.32 Å². The van der Waals surface area contributed by atoms with Crippen molar-refractivity contribution >= 4 is 11.6 Å². The number of benzene rings is 2. The van der Waals surface area contributed by atoms with E-state index in [4.69, 9.17) is 4.98 Å². The number of rotatable bonds is 6. The lowest BCUT2D eigenvalue weighted by Gasteiger charge is -2.31. The molecule has 2 N–H and O–H groups in total. The third-order valence-electron chi connectivity index (χ3n) is 5.94. The molecule has 0 radical (unpaired) electrons. The highest BCUT2D eigenvalue weighted by Crippen LogP contribution is 2.27. The number of carbonyl (C=O) groups excluding carboxylic acids is 1. The maximum absolute atomic E-state index is 13.2. The van der Waals surface area contributed by atoms with Gasteiger partial charge in [-0.3, -0.25) is 4.79 Å². The third-order valence-corrected chi connectivity index (χ3v) is 5.94. The summed E-state index contributed by atoms with van der Waals surface area (Å²) < 4.78 is 13.2. The molecule has 9 nitrogen and oxygen atoms in total. The fourth-order valence-electron chi connectivity index (χ4n) is 4.08. The van der Waals surface area contributed by atoms with E-state index in [1.54, 1.807) is 18.3 Å². The van der Waals surface area contributed by atoms with E-state index in [1.165, 1.54) is 12.1 Å². The Morgan fingerprint density at radius 2 is 1.91 bits per heavy atom. The number of nitrogens with zero attached hydrogens (tertiary/aromatic N) is 6. The van der Waals surface area contributed by atoms with Crippen LogP contribution in [0.1, 0.15) is 24.6 Å². The average molecular weight is 459 g/mol. The molecule has 1 fully saturated rings. The summed E-state index contributed by atoms with van der Waals surface area (Å²) in [5.74, 6) is 1.23. The lowest BCUT2D eigenvalue weighted by Crippen LogP contribution is -2.41. The molecule has 1 aliphatic rings. The van der Waals surface area contributed by atoms with Gasteiger partial charge >= 0.3 is 0 Å². The summed E-state index contributed by atoms with van der Waals surface area (Å²) in [7, 11) is 0. The number of carbonyl (C=O) groups is 1. The molecule has 3 heterocycles. The van der Waals surface area contributed by atoms with Gasteiger partial charge < -0.3 is 10.2 Å². The van der Waals surface area contributed by atoms with E-state index in [0.29, 0.717) is 18.9 Å². The Hall–Kier alpha value is -4.21. The topological polar surface area (TPSA) is 113 Å². The van der Waals surface area contributed by atoms with Gasteiger partial charge in [-0.05, 0) is 60.5 Å². The number of amides is 1. The number of aromatic amines is 1. The molecule has 2 aromatic heterocycles. The SMILES string of the molecule is O=C(CNc1cccc(-c2nn[nH]n2)c1)N1CCC(c2nccc(-c3ccc(F)cc3)n2)CC1. The Morgan fingerprint density at radius 1 is 1.09 bits per heavy atom. The molecule has 10 heteroatoms. The van der Waals surface area contributed by atoms with Gasteiger partial charge in [0.15, 0.2) is 0 Å². The zero-order chi connectivity index (χ0) is 23.3. The van der Waals surface area contributed by atoms with Crippen molar-refractivity contribution in [3.8, 4) is 22.6 Å². The summed E-state index contributed by atoms with van der Waals surface area (Å²) in [6.07, 6.45) is 3.34. The molecule has 0 unspecified atom stereocenters. The summed E-state index contributed by atoms with van der Waals surface area (Å²) in [4.78, 5) is 23.8. The molecule has 0 atom stereocenters. The molecule has 0 spiro atoms. The Labute approximate surface area is 195 Å². The molecular weight excluding hydrogens is 435 g/mol. The van der Waals surface area contributed by atoms with Crippen LogP contribution in [0.4, 0.5) is 10.1 Å². The third kappa shape index (κ3) is 4.90. The number of likely N-dealkylation sites (tertiary alicyclic amines) is 1. The van der Waals surface area contributed by atoms with Crippen molar-refractivity contribution in [2.45, 2.75) is 18.8 Å². The molecule has 0 aliphatic carbocycles.